The monoisotopic (exact) mass is 662 g/mol. The average molecular weight is 663 g/mol. The van der Waals surface area contributed by atoms with E-state index in [2.05, 4.69) is 10.6 Å². The second-order valence-electron chi connectivity index (χ2n) is 10.3. The van der Waals surface area contributed by atoms with Gasteiger partial charge in [-0.05, 0) is 12.8 Å². The predicted molar refractivity (Wildman–Crippen MR) is 148 cm³/mol. The molecule has 1 saturated heterocycles. The lowest BCUT2D eigenvalue weighted by molar-refractivity contribution is -0.266. The van der Waals surface area contributed by atoms with E-state index in [1.54, 1.807) is 0 Å². The van der Waals surface area contributed by atoms with Gasteiger partial charge < -0.3 is 39.1 Å². The van der Waals surface area contributed by atoms with Crippen molar-refractivity contribution in [2.45, 2.75) is 88.8 Å². The first kappa shape index (κ1) is 37.9. The van der Waals surface area contributed by atoms with Gasteiger partial charge in [-0.2, -0.15) is 13.2 Å². The van der Waals surface area contributed by atoms with Crippen molar-refractivity contribution in [3.63, 3.8) is 0 Å². The third-order valence-corrected chi connectivity index (χ3v) is 6.96. The molecule has 0 unspecified atom stereocenters. The number of carbonyl (C=O) groups excluding carboxylic acids is 6. The molecule has 46 heavy (non-hydrogen) atoms. The van der Waals surface area contributed by atoms with E-state index >= 15 is 0 Å². The second-order valence-corrected chi connectivity index (χ2v) is 10.3. The van der Waals surface area contributed by atoms with Gasteiger partial charge in [0.05, 0.1) is 19.3 Å². The summed E-state index contributed by atoms with van der Waals surface area (Å²) in [6, 6.07) is 3.12. The van der Waals surface area contributed by atoms with E-state index in [4.69, 9.17) is 28.4 Å². The summed E-state index contributed by atoms with van der Waals surface area (Å²) in [5.41, 5.74) is -4.06. The molecule has 1 aromatic rings. The number of carbonyl (C=O) groups is 6. The van der Waals surface area contributed by atoms with Crippen LogP contribution in [0.25, 0.3) is 0 Å². The van der Waals surface area contributed by atoms with Gasteiger partial charge in [0.25, 0.3) is 11.5 Å². The van der Waals surface area contributed by atoms with Crippen LogP contribution in [-0.2, 0) is 62.8 Å². The van der Waals surface area contributed by atoms with Crippen molar-refractivity contribution in [1.82, 2.24) is 10.6 Å². The van der Waals surface area contributed by atoms with E-state index in [0.717, 1.165) is 46.9 Å². The molecular formula is C29H37F3N2O12. The Morgan fingerprint density at radius 1 is 0.870 bits per heavy atom. The fraction of sp³-hybridized carbons (Fsp3) is 0.586. The molecule has 0 radical (unpaired) electrons. The zero-order chi connectivity index (χ0) is 34.8. The number of benzene rings is 1. The average Bonchev–Trinajstić information content (AvgIpc) is 2.96. The largest absolute Gasteiger partial charge is 0.467 e. The number of alkyl halides is 3. The number of hydrogen-bond donors (Lipinski definition) is 2. The highest BCUT2D eigenvalue weighted by Crippen LogP contribution is 2.42. The maximum absolute atomic E-state index is 14.5. The summed E-state index contributed by atoms with van der Waals surface area (Å²) >= 11 is 0. The van der Waals surface area contributed by atoms with Gasteiger partial charge in [-0.25, -0.2) is 4.79 Å². The SMILES string of the molecule is COC(=O)[C@H](CC[C@@H]1O[C@H](COC(C)=O)[C@@H](OC(C)=O)[C@H](OC(C)=O)[C@H]1NC(C)=O)NC(=O)[C@](OC)(c1ccccc1)C(F)(F)F. The van der Waals surface area contributed by atoms with Crippen LogP contribution in [0, 0.1) is 0 Å². The normalized spacial score (nSPS) is 23.1. The van der Waals surface area contributed by atoms with E-state index < -0.39 is 103 Å². The lowest BCUT2D eigenvalue weighted by atomic mass is 9.88. The van der Waals surface area contributed by atoms with Crippen LogP contribution in [0.2, 0.25) is 0 Å². The first-order valence-electron chi connectivity index (χ1n) is 13.9. The Balaban J connectivity index is 2.50. The minimum Gasteiger partial charge on any atom is -0.467 e. The molecule has 0 bridgehead atoms. The molecule has 0 aliphatic carbocycles. The highest BCUT2D eigenvalue weighted by atomic mass is 19.4. The molecule has 17 heteroatoms. The minimum absolute atomic E-state index is 0.288. The van der Waals surface area contributed by atoms with E-state index in [9.17, 15) is 41.9 Å². The number of hydrogen-bond acceptors (Lipinski definition) is 12. The van der Waals surface area contributed by atoms with E-state index in [-0.39, 0.29) is 6.42 Å². The molecule has 1 aliphatic rings. The molecule has 256 valence electrons. The summed E-state index contributed by atoms with van der Waals surface area (Å²) in [6.07, 6.45) is -11.2. The van der Waals surface area contributed by atoms with Crippen molar-refractivity contribution < 1.29 is 70.4 Å². The van der Waals surface area contributed by atoms with E-state index in [1.165, 1.54) is 18.2 Å². The highest BCUT2D eigenvalue weighted by Gasteiger charge is 2.63. The van der Waals surface area contributed by atoms with Crippen LogP contribution < -0.4 is 10.6 Å². The van der Waals surface area contributed by atoms with Crippen LogP contribution in [0.1, 0.15) is 46.1 Å². The van der Waals surface area contributed by atoms with Gasteiger partial charge in [0.1, 0.15) is 18.8 Å². The second kappa shape index (κ2) is 16.4. The minimum atomic E-state index is -5.27. The summed E-state index contributed by atoms with van der Waals surface area (Å²) in [5.74, 6) is -5.86. The highest BCUT2D eigenvalue weighted by molar-refractivity contribution is 5.91. The third-order valence-electron chi connectivity index (χ3n) is 6.96. The van der Waals surface area contributed by atoms with Gasteiger partial charge in [-0.1, -0.05) is 30.3 Å². The maximum Gasteiger partial charge on any atom is 0.430 e. The number of halogens is 3. The lowest BCUT2D eigenvalue weighted by Crippen LogP contribution is -2.66. The van der Waals surface area contributed by atoms with Crippen LogP contribution >= 0.6 is 0 Å². The number of nitrogens with one attached hydrogen (secondary N) is 2. The molecule has 0 aromatic heterocycles. The van der Waals surface area contributed by atoms with Crippen LogP contribution in [0.4, 0.5) is 13.2 Å². The Morgan fingerprint density at radius 2 is 1.46 bits per heavy atom. The molecule has 2 amide bonds. The Labute approximate surface area is 262 Å². The zero-order valence-corrected chi connectivity index (χ0v) is 26.0. The van der Waals surface area contributed by atoms with Gasteiger partial charge in [0.15, 0.2) is 12.2 Å². The Hall–Kier alpha value is -4.25. The molecule has 0 spiro atoms. The molecule has 1 aliphatic heterocycles. The third kappa shape index (κ3) is 9.38. The van der Waals surface area contributed by atoms with Gasteiger partial charge >= 0.3 is 30.1 Å². The van der Waals surface area contributed by atoms with Gasteiger partial charge in [-0.15, -0.1) is 0 Å². The summed E-state index contributed by atoms with van der Waals surface area (Å²) in [4.78, 5) is 73.9. The summed E-state index contributed by atoms with van der Waals surface area (Å²) in [6.45, 7) is 3.86. The molecule has 0 saturated carbocycles. The van der Waals surface area contributed by atoms with Crippen LogP contribution in [0.3, 0.4) is 0 Å². The summed E-state index contributed by atoms with van der Waals surface area (Å²) in [5, 5.41) is 4.61. The Bertz CT molecular complexity index is 1260. The quantitative estimate of drug-likeness (QED) is 0.228. The topological polar surface area (TPSA) is 182 Å². The maximum atomic E-state index is 14.5. The Morgan fingerprint density at radius 3 is 1.93 bits per heavy atom. The standard InChI is InChI=1S/C29H37F3N2O12/c1-15(35)33-23-21(46-22(14-43-16(2)36)24(44-17(3)37)25(23)45-18(4)38)13-12-20(26(39)41-5)34-27(40)28(42-6,29(30,31)32)19-10-8-7-9-11-19/h7-11,20-25H,12-14H2,1-6H3,(H,33,35)(H,34,40)/t20-,21-,22+,23-,24+,25+,28+/m0/s1. The predicted octanol–water partition coefficient (Wildman–Crippen LogP) is 1.23. The molecular weight excluding hydrogens is 625 g/mol. The number of amides is 2. The van der Waals surface area contributed by atoms with Crippen LogP contribution in [0.15, 0.2) is 30.3 Å². The molecule has 1 aromatic carbocycles. The summed E-state index contributed by atoms with van der Waals surface area (Å²) < 4.78 is 74.7. The van der Waals surface area contributed by atoms with Crippen molar-refractivity contribution in [2.24, 2.45) is 0 Å². The van der Waals surface area contributed by atoms with Crippen molar-refractivity contribution >= 4 is 35.7 Å². The van der Waals surface area contributed by atoms with Gasteiger partial charge in [0, 0.05) is 40.4 Å². The Kier molecular flexibility index (Phi) is 13.5. The van der Waals surface area contributed by atoms with Crippen LogP contribution in [-0.4, -0.2) is 99.2 Å². The zero-order valence-electron chi connectivity index (χ0n) is 26.0. The fourth-order valence-electron chi connectivity index (χ4n) is 5.08. The number of esters is 4. The molecule has 1 heterocycles. The first-order valence-corrected chi connectivity index (χ1v) is 13.9. The van der Waals surface area contributed by atoms with Gasteiger partial charge in [-0.3, -0.25) is 24.0 Å². The number of ether oxygens (including phenoxy) is 6. The first-order chi connectivity index (χ1) is 21.5. The van der Waals surface area contributed by atoms with Crippen molar-refractivity contribution in [3.8, 4) is 0 Å². The van der Waals surface area contributed by atoms with Gasteiger partial charge in [0.2, 0.25) is 5.91 Å². The lowest BCUT2D eigenvalue weighted by Gasteiger charge is -2.45. The molecule has 14 nitrogen and oxygen atoms in total. The fourth-order valence-corrected chi connectivity index (χ4v) is 5.08. The number of rotatable bonds is 13. The number of methoxy groups -OCH3 is 2. The van der Waals surface area contributed by atoms with E-state index in [0.29, 0.717) is 7.11 Å². The molecule has 7 atom stereocenters. The molecule has 1 fully saturated rings. The van der Waals surface area contributed by atoms with Crippen molar-refractivity contribution in [3.05, 3.63) is 35.9 Å². The smallest absolute Gasteiger partial charge is 0.430 e. The molecule has 2 rings (SSSR count). The summed E-state index contributed by atoms with van der Waals surface area (Å²) in [7, 11) is 1.65. The van der Waals surface area contributed by atoms with E-state index in [1.807, 2.05) is 0 Å². The van der Waals surface area contributed by atoms with Crippen LogP contribution in [0.5, 0.6) is 0 Å². The molecule has 2 N–H and O–H groups in total. The van der Waals surface area contributed by atoms with Crippen molar-refractivity contribution in [2.75, 3.05) is 20.8 Å². The van der Waals surface area contributed by atoms with Crippen molar-refractivity contribution in [1.29, 1.82) is 0 Å².